The molecule has 0 saturated carbocycles. The maximum atomic E-state index is 6.02. The van der Waals surface area contributed by atoms with Gasteiger partial charge in [0, 0.05) is 9.79 Å². The summed E-state index contributed by atoms with van der Waals surface area (Å²) in [4.78, 5) is 2.35. The van der Waals surface area contributed by atoms with Crippen LogP contribution in [-0.2, 0) is 0 Å². The highest BCUT2D eigenvalue weighted by Crippen LogP contribution is 2.28. The van der Waals surface area contributed by atoms with E-state index in [4.69, 9.17) is 5.41 Å². The maximum absolute atomic E-state index is 6.02. The molecule has 2 N–H and O–H groups in total. The Morgan fingerprint density at radius 2 is 1.33 bits per heavy atom. The van der Waals surface area contributed by atoms with Gasteiger partial charge in [-0.2, -0.15) is 0 Å². The van der Waals surface area contributed by atoms with Crippen LogP contribution in [0.15, 0.2) is 64.4 Å². The second kappa shape index (κ2) is 7.52. The third-order valence-electron chi connectivity index (χ3n) is 2.20. The lowest BCUT2D eigenvalue weighted by Gasteiger charge is -2.00. The lowest BCUT2D eigenvalue weighted by atomic mass is 10.2. The van der Waals surface area contributed by atoms with Crippen molar-refractivity contribution in [1.82, 2.24) is 0 Å². The first-order valence-electron chi connectivity index (χ1n) is 5.34. The number of hydrogen-bond acceptors (Lipinski definition) is 2. The SMILES string of the molecule is Cc1ccc(SC(=[NH2+])Sc2ccccc2)cc1.[Cl-]. The quantitative estimate of drug-likeness (QED) is 0.479. The fraction of sp³-hybridized carbons (Fsp3) is 0.0714. The van der Waals surface area contributed by atoms with Crippen molar-refractivity contribution in [3.63, 3.8) is 0 Å². The number of aryl methyl sites for hydroxylation is 1. The lowest BCUT2D eigenvalue weighted by Crippen LogP contribution is -3.00. The molecule has 0 aliphatic heterocycles. The Bertz CT molecular complexity index is 497. The highest BCUT2D eigenvalue weighted by molar-refractivity contribution is 8.38. The first-order valence-corrected chi connectivity index (χ1v) is 6.97. The van der Waals surface area contributed by atoms with Crippen LogP contribution in [0.1, 0.15) is 5.56 Å². The predicted octanol–water partition coefficient (Wildman–Crippen LogP) is -0.00148. The Morgan fingerprint density at radius 3 is 1.89 bits per heavy atom. The molecule has 0 aliphatic rings. The summed E-state index contributed by atoms with van der Waals surface area (Å²) >= 11 is 3.20. The minimum atomic E-state index is 0. The summed E-state index contributed by atoms with van der Waals surface area (Å²) in [5.41, 5.74) is 1.27. The molecule has 0 aliphatic carbocycles. The fourth-order valence-electron chi connectivity index (χ4n) is 1.35. The van der Waals surface area contributed by atoms with Gasteiger partial charge in [0.25, 0.3) is 4.38 Å². The van der Waals surface area contributed by atoms with Crippen molar-refractivity contribution in [2.75, 3.05) is 0 Å². The zero-order valence-electron chi connectivity index (χ0n) is 9.97. The number of nitrogens with two attached hydrogens (primary N) is 1. The maximum Gasteiger partial charge on any atom is 0.276 e. The first kappa shape index (κ1) is 15.2. The van der Waals surface area contributed by atoms with Crippen LogP contribution >= 0.6 is 23.5 Å². The van der Waals surface area contributed by atoms with Gasteiger partial charge in [-0.25, -0.2) is 5.41 Å². The molecule has 2 rings (SSSR count). The van der Waals surface area contributed by atoms with Gasteiger partial charge in [0.15, 0.2) is 0 Å². The second-order valence-corrected chi connectivity index (χ2v) is 6.14. The van der Waals surface area contributed by atoms with E-state index in [2.05, 4.69) is 43.3 Å². The van der Waals surface area contributed by atoms with E-state index in [1.54, 1.807) is 23.5 Å². The number of hydrogen-bond donors (Lipinski definition) is 1. The molecule has 2 aromatic carbocycles. The summed E-state index contributed by atoms with van der Waals surface area (Å²) in [6, 6.07) is 18.6. The third kappa shape index (κ3) is 4.77. The van der Waals surface area contributed by atoms with E-state index in [-0.39, 0.29) is 12.4 Å². The van der Waals surface area contributed by atoms with Crippen LogP contribution in [0.4, 0.5) is 0 Å². The molecule has 0 fully saturated rings. The van der Waals surface area contributed by atoms with Crippen molar-refractivity contribution < 1.29 is 17.8 Å². The second-order valence-electron chi connectivity index (χ2n) is 3.65. The first-order chi connectivity index (χ1) is 8.24. The molecule has 0 heterocycles. The molecular formula is C14H14ClNS2. The van der Waals surface area contributed by atoms with E-state index in [1.165, 1.54) is 15.4 Å². The van der Waals surface area contributed by atoms with Crippen molar-refractivity contribution in [2.24, 2.45) is 0 Å². The molecule has 0 spiro atoms. The van der Waals surface area contributed by atoms with Crippen LogP contribution in [0, 0.1) is 6.92 Å². The molecule has 0 amide bonds. The smallest absolute Gasteiger partial charge is 0.276 e. The van der Waals surface area contributed by atoms with E-state index >= 15 is 0 Å². The predicted molar refractivity (Wildman–Crippen MR) is 76.3 cm³/mol. The average Bonchev–Trinajstić information content (AvgIpc) is 2.33. The van der Waals surface area contributed by atoms with Crippen LogP contribution in [0.25, 0.3) is 0 Å². The zero-order chi connectivity index (χ0) is 12.1. The monoisotopic (exact) mass is 295 g/mol. The molecule has 18 heavy (non-hydrogen) atoms. The minimum absolute atomic E-state index is 0. The summed E-state index contributed by atoms with van der Waals surface area (Å²) in [6.07, 6.45) is 0. The molecular weight excluding hydrogens is 282 g/mol. The molecule has 2 aromatic rings. The van der Waals surface area contributed by atoms with Crippen molar-refractivity contribution in [1.29, 1.82) is 0 Å². The molecule has 1 nitrogen and oxygen atoms in total. The number of rotatable bonds is 2. The van der Waals surface area contributed by atoms with Gasteiger partial charge < -0.3 is 12.4 Å². The summed E-state index contributed by atoms with van der Waals surface area (Å²) in [5.74, 6) is 0. The van der Waals surface area contributed by atoms with Gasteiger partial charge in [0.2, 0.25) is 0 Å². The van der Waals surface area contributed by atoms with E-state index in [0.29, 0.717) is 0 Å². The molecule has 0 atom stereocenters. The Labute approximate surface area is 122 Å². The topological polar surface area (TPSA) is 25.6 Å². The highest BCUT2D eigenvalue weighted by atomic mass is 35.5. The van der Waals surface area contributed by atoms with Gasteiger partial charge >= 0.3 is 0 Å². The summed E-state index contributed by atoms with van der Waals surface area (Å²) in [6.45, 7) is 2.08. The molecule has 0 radical (unpaired) electrons. The van der Waals surface area contributed by atoms with Crippen LogP contribution in [0.2, 0.25) is 0 Å². The third-order valence-corrected chi connectivity index (χ3v) is 4.12. The molecule has 4 heteroatoms. The number of benzene rings is 2. The fourth-order valence-corrected chi connectivity index (χ4v) is 3.12. The van der Waals surface area contributed by atoms with E-state index in [9.17, 15) is 0 Å². The minimum Gasteiger partial charge on any atom is -1.00 e. The van der Waals surface area contributed by atoms with Gasteiger partial charge in [-0.1, -0.05) is 35.9 Å². The number of halogens is 1. The summed E-state index contributed by atoms with van der Waals surface area (Å²) in [7, 11) is 0. The standard InChI is InChI=1S/C14H13NS2.ClH/c1-11-7-9-13(10-8-11)17-14(15)16-12-5-3-2-4-6-12;/h2-10,15H,1H3;1H. The molecule has 0 aromatic heterocycles. The van der Waals surface area contributed by atoms with Gasteiger partial charge in [-0.05, 0) is 54.7 Å². The van der Waals surface area contributed by atoms with Crippen molar-refractivity contribution >= 4 is 27.9 Å². The van der Waals surface area contributed by atoms with Crippen LogP contribution in [0.5, 0.6) is 0 Å². The Balaban J connectivity index is 0.00000162. The largest absolute Gasteiger partial charge is 1.00 e. The van der Waals surface area contributed by atoms with Crippen molar-refractivity contribution in [2.45, 2.75) is 16.7 Å². The average molecular weight is 296 g/mol. The van der Waals surface area contributed by atoms with Crippen LogP contribution in [0.3, 0.4) is 0 Å². The van der Waals surface area contributed by atoms with Crippen LogP contribution < -0.4 is 17.8 Å². The summed E-state index contributed by atoms with van der Waals surface area (Å²) in [5, 5.41) is 6.02. The van der Waals surface area contributed by atoms with Crippen molar-refractivity contribution in [3.05, 3.63) is 60.2 Å². The molecule has 0 unspecified atom stereocenters. The van der Waals surface area contributed by atoms with Crippen molar-refractivity contribution in [3.8, 4) is 0 Å². The van der Waals surface area contributed by atoms with E-state index < -0.39 is 0 Å². The lowest BCUT2D eigenvalue weighted by molar-refractivity contribution is -0.103. The zero-order valence-corrected chi connectivity index (χ0v) is 12.4. The van der Waals surface area contributed by atoms with Crippen LogP contribution in [-0.4, -0.2) is 4.38 Å². The van der Waals surface area contributed by atoms with Gasteiger partial charge in [-0.3, -0.25) is 0 Å². The highest BCUT2D eigenvalue weighted by Gasteiger charge is 2.08. The van der Waals surface area contributed by atoms with Gasteiger partial charge in [0.1, 0.15) is 0 Å². The molecule has 0 bridgehead atoms. The Morgan fingerprint density at radius 1 is 0.833 bits per heavy atom. The molecule has 0 saturated heterocycles. The number of thioether (sulfide) groups is 2. The van der Waals surface area contributed by atoms with Gasteiger partial charge in [0.05, 0.1) is 0 Å². The van der Waals surface area contributed by atoms with E-state index in [1.807, 2.05) is 18.2 Å². The summed E-state index contributed by atoms with van der Waals surface area (Å²) < 4.78 is 0.847. The Hall–Kier alpha value is -0.900. The van der Waals surface area contributed by atoms with E-state index in [0.717, 1.165) is 4.38 Å². The normalized spacial score (nSPS) is 9.61. The van der Waals surface area contributed by atoms with Gasteiger partial charge in [-0.15, -0.1) is 0 Å². The Kier molecular flexibility index (Phi) is 6.33. The molecule has 94 valence electrons.